The standard InChI is InChI=1S/C23H21ClN6O3/c1-11-9-26-22(31)16-17(11)29-19(20(16)28-14-6-4-5-13(24)21(14)32-2)12-7-8-25-15-10-27-23(33-3)30-18(12)15/h4-8,10-11,28-29H,9H2,1-3H3,(H,26,31). The molecule has 0 saturated carbocycles. The zero-order chi connectivity index (χ0) is 23.1. The summed E-state index contributed by atoms with van der Waals surface area (Å²) in [7, 11) is 3.06. The van der Waals surface area contributed by atoms with Gasteiger partial charge in [-0.15, -0.1) is 0 Å². The molecule has 3 N–H and O–H groups in total. The molecule has 33 heavy (non-hydrogen) atoms. The molecular weight excluding hydrogens is 444 g/mol. The number of nitrogens with zero attached hydrogens (tertiary/aromatic N) is 3. The van der Waals surface area contributed by atoms with Crippen LogP contribution in [-0.2, 0) is 0 Å². The van der Waals surface area contributed by atoms with E-state index in [4.69, 9.17) is 21.1 Å². The lowest BCUT2D eigenvalue weighted by Crippen LogP contribution is -2.33. The molecule has 10 heteroatoms. The van der Waals surface area contributed by atoms with Gasteiger partial charge in [0.1, 0.15) is 11.0 Å². The van der Waals surface area contributed by atoms with Crippen LogP contribution >= 0.6 is 11.6 Å². The Morgan fingerprint density at radius 1 is 1.18 bits per heavy atom. The number of anilines is 2. The van der Waals surface area contributed by atoms with Crippen LogP contribution in [0.4, 0.5) is 11.4 Å². The lowest BCUT2D eigenvalue weighted by molar-refractivity contribution is 0.0942. The fourth-order valence-electron chi connectivity index (χ4n) is 4.06. The third-order valence-electron chi connectivity index (χ3n) is 5.66. The summed E-state index contributed by atoms with van der Waals surface area (Å²) in [5, 5.41) is 6.80. The largest absolute Gasteiger partial charge is 0.493 e. The van der Waals surface area contributed by atoms with Gasteiger partial charge >= 0.3 is 6.01 Å². The number of fused-ring (bicyclic) bond motifs is 2. The number of amides is 1. The van der Waals surface area contributed by atoms with Gasteiger partial charge in [0.2, 0.25) is 0 Å². The van der Waals surface area contributed by atoms with E-state index in [1.54, 1.807) is 25.6 Å². The molecule has 0 radical (unpaired) electrons. The van der Waals surface area contributed by atoms with Crippen LogP contribution in [0.25, 0.3) is 22.3 Å². The van der Waals surface area contributed by atoms with Crippen molar-refractivity contribution >= 4 is 39.9 Å². The van der Waals surface area contributed by atoms with Gasteiger partial charge in [-0.3, -0.25) is 9.78 Å². The molecule has 0 saturated heterocycles. The Balaban J connectivity index is 1.78. The molecule has 1 unspecified atom stereocenters. The van der Waals surface area contributed by atoms with Crippen molar-refractivity contribution in [3.05, 3.63) is 52.9 Å². The molecular formula is C23H21ClN6O3. The van der Waals surface area contributed by atoms with E-state index in [-0.39, 0.29) is 17.8 Å². The Hall–Kier alpha value is -3.85. The average Bonchev–Trinajstić information content (AvgIpc) is 3.21. The van der Waals surface area contributed by atoms with Crippen molar-refractivity contribution in [1.82, 2.24) is 25.3 Å². The van der Waals surface area contributed by atoms with Gasteiger partial charge in [-0.1, -0.05) is 24.6 Å². The van der Waals surface area contributed by atoms with Gasteiger partial charge in [-0.25, -0.2) is 4.98 Å². The number of hydrogen-bond acceptors (Lipinski definition) is 7. The summed E-state index contributed by atoms with van der Waals surface area (Å²) in [4.78, 5) is 29.5. The van der Waals surface area contributed by atoms with Gasteiger partial charge < -0.3 is 25.1 Å². The molecule has 168 valence electrons. The maximum atomic E-state index is 13.0. The quantitative estimate of drug-likeness (QED) is 0.404. The second-order valence-electron chi connectivity index (χ2n) is 7.67. The van der Waals surface area contributed by atoms with E-state index in [2.05, 4.69) is 37.5 Å². The highest BCUT2D eigenvalue weighted by atomic mass is 35.5. The van der Waals surface area contributed by atoms with Crippen LogP contribution in [0.3, 0.4) is 0 Å². The summed E-state index contributed by atoms with van der Waals surface area (Å²) in [6.45, 7) is 2.59. The number of carbonyl (C=O) groups excluding carboxylic acids is 1. The maximum Gasteiger partial charge on any atom is 0.316 e. The molecule has 3 aromatic heterocycles. The molecule has 1 aliphatic heterocycles. The number of pyridine rings is 1. The highest BCUT2D eigenvalue weighted by Crippen LogP contribution is 2.43. The van der Waals surface area contributed by atoms with Crippen molar-refractivity contribution < 1.29 is 14.3 Å². The number of para-hydroxylation sites is 1. The molecule has 1 atom stereocenters. The van der Waals surface area contributed by atoms with E-state index in [1.807, 2.05) is 18.2 Å². The van der Waals surface area contributed by atoms with Crippen LogP contribution in [0, 0.1) is 0 Å². The first kappa shape index (κ1) is 21.0. The maximum absolute atomic E-state index is 13.0. The van der Waals surface area contributed by atoms with Crippen molar-refractivity contribution in [3.63, 3.8) is 0 Å². The van der Waals surface area contributed by atoms with Crippen LogP contribution in [0.2, 0.25) is 5.02 Å². The van der Waals surface area contributed by atoms with Crippen LogP contribution < -0.4 is 20.1 Å². The molecule has 4 heterocycles. The number of aromatic nitrogens is 4. The van der Waals surface area contributed by atoms with E-state index in [0.717, 1.165) is 11.3 Å². The second-order valence-corrected chi connectivity index (χ2v) is 8.08. The van der Waals surface area contributed by atoms with Gasteiger partial charge in [-0.2, -0.15) is 4.98 Å². The SMILES string of the molecule is COc1ncc2nccc(-c3[nH]c4c(c3Nc3cccc(Cl)c3OC)C(=O)NCC4C)c2n1. The lowest BCUT2D eigenvalue weighted by Gasteiger charge is -2.20. The smallest absolute Gasteiger partial charge is 0.316 e. The third kappa shape index (κ3) is 3.50. The monoisotopic (exact) mass is 464 g/mol. The van der Waals surface area contributed by atoms with E-state index in [9.17, 15) is 4.79 Å². The molecule has 1 aliphatic rings. The minimum Gasteiger partial charge on any atom is -0.493 e. The van der Waals surface area contributed by atoms with Gasteiger partial charge in [0, 0.05) is 29.9 Å². The van der Waals surface area contributed by atoms with Gasteiger partial charge in [-0.05, 0) is 18.2 Å². The van der Waals surface area contributed by atoms with Gasteiger partial charge in [0.25, 0.3) is 5.91 Å². The second kappa shape index (κ2) is 8.25. The number of H-pyrrole nitrogens is 1. The summed E-state index contributed by atoms with van der Waals surface area (Å²) in [6, 6.07) is 7.47. The number of aromatic amines is 1. The fourth-order valence-corrected chi connectivity index (χ4v) is 4.31. The Bertz CT molecular complexity index is 1390. The van der Waals surface area contributed by atoms with Gasteiger partial charge in [0.05, 0.1) is 48.1 Å². The minimum atomic E-state index is -0.167. The third-order valence-corrected chi connectivity index (χ3v) is 5.96. The highest BCUT2D eigenvalue weighted by Gasteiger charge is 2.32. The van der Waals surface area contributed by atoms with E-state index in [0.29, 0.717) is 51.0 Å². The Morgan fingerprint density at radius 3 is 2.82 bits per heavy atom. The highest BCUT2D eigenvalue weighted by molar-refractivity contribution is 6.32. The molecule has 0 bridgehead atoms. The topological polar surface area (TPSA) is 114 Å². The molecule has 0 aliphatic carbocycles. The van der Waals surface area contributed by atoms with Crippen LogP contribution in [-0.4, -0.2) is 46.6 Å². The number of rotatable bonds is 5. The van der Waals surface area contributed by atoms with Crippen molar-refractivity contribution in [2.45, 2.75) is 12.8 Å². The number of halogens is 1. The molecule has 5 rings (SSSR count). The van der Waals surface area contributed by atoms with E-state index in [1.165, 1.54) is 7.11 Å². The number of carbonyl (C=O) groups is 1. The number of ether oxygens (including phenoxy) is 2. The Morgan fingerprint density at radius 2 is 2.03 bits per heavy atom. The van der Waals surface area contributed by atoms with E-state index < -0.39 is 0 Å². The number of methoxy groups -OCH3 is 2. The Kier molecular flexibility index (Phi) is 5.26. The van der Waals surface area contributed by atoms with Crippen molar-refractivity contribution in [2.24, 2.45) is 0 Å². The first-order valence-corrected chi connectivity index (χ1v) is 10.7. The number of nitrogens with one attached hydrogen (secondary N) is 3. The minimum absolute atomic E-state index is 0.0884. The molecule has 9 nitrogen and oxygen atoms in total. The molecule has 0 fully saturated rings. The zero-order valence-electron chi connectivity index (χ0n) is 18.2. The molecule has 1 amide bonds. The molecule has 4 aromatic rings. The summed E-state index contributed by atoms with van der Waals surface area (Å²) >= 11 is 6.34. The van der Waals surface area contributed by atoms with E-state index >= 15 is 0 Å². The van der Waals surface area contributed by atoms with Crippen molar-refractivity contribution in [2.75, 3.05) is 26.1 Å². The lowest BCUT2D eigenvalue weighted by atomic mass is 9.98. The molecule has 0 spiro atoms. The summed E-state index contributed by atoms with van der Waals surface area (Å²) in [5.41, 5.74) is 5.24. The van der Waals surface area contributed by atoms with Crippen LogP contribution in [0.1, 0.15) is 28.9 Å². The van der Waals surface area contributed by atoms with Crippen molar-refractivity contribution in [1.29, 1.82) is 0 Å². The van der Waals surface area contributed by atoms with Gasteiger partial charge in [0.15, 0.2) is 5.75 Å². The normalized spacial score (nSPS) is 15.2. The summed E-state index contributed by atoms with van der Waals surface area (Å²) < 4.78 is 10.7. The predicted octanol–water partition coefficient (Wildman–Crippen LogP) is 4.28. The fraction of sp³-hybridized carbons (Fsp3) is 0.217. The predicted molar refractivity (Wildman–Crippen MR) is 126 cm³/mol. The first-order chi connectivity index (χ1) is 16.0. The molecule has 1 aromatic carbocycles. The zero-order valence-corrected chi connectivity index (χ0v) is 18.9. The average molecular weight is 465 g/mol. The van der Waals surface area contributed by atoms with Crippen LogP contribution in [0.5, 0.6) is 11.8 Å². The summed E-state index contributed by atoms with van der Waals surface area (Å²) in [5.74, 6) is 0.401. The first-order valence-electron chi connectivity index (χ1n) is 10.3. The van der Waals surface area contributed by atoms with Crippen LogP contribution in [0.15, 0.2) is 36.7 Å². The number of hydrogen-bond donors (Lipinski definition) is 3. The Labute approximate surface area is 194 Å². The summed E-state index contributed by atoms with van der Waals surface area (Å²) in [6.07, 6.45) is 3.29. The van der Waals surface area contributed by atoms with Crippen molar-refractivity contribution in [3.8, 4) is 23.0 Å². The number of benzene rings is 1.